The number of ether oxygens (including phenoxy) is 1. The number of aromatic amines is 1. The third-order valence-electron chi connectivity index (χ3n) is 4.30. The molecule has 0 amide bonds. The molecule has 0 unspecified atom stereocenters. The molecule has 164 valence electrons. The third kappa shape index (κ3) is 5.33. The summed E-state index contributed by atoms with van der Waals surface area (Å²) in [6.07, 6.45) is -3.74. The Morgan fingerprint density at radius 2 is 1.84 bits per heavy atom. The van der Waals surface area contributed by atoms with Gasteiger partial charge in [0.15, 0.2) is 5.82 Å². The molecule has 0 saturated heterocycles. The van der Waals surface area contributed by atoms with Crippen LogP contribution in [0.15, 0.2) is 54.6 Å². The zero-order valence-corrected chi connectivity index (χ0v) is 18.8. The molecule has 2 aromatic carbocycles. The molecule has 11 heteroatoms. The summed E-state index contributed by atoms with van der Waals surface area (Å²) in [6, 6.07) is 13.7. The van der Waals surface area contributed by atoms with Crippen LogP contribution in [-0.2, 0) is 12.6 Å². The monoisotopic (exact) mass is 552 g/mol. The number of nitrogens with one attached hydrogen (secondary N) is 2. The summed E-state index contributed by atoms with van der Waals surface area (Å²) in [6.45, 7) is 1.96. The van der Waals surface area contributed by atoms with Crippen molar-refractivity contribution in [1.29, 1.82) is 0 Å². The Labute approximate surface area is 194 Å². The van der Waals surface area contributed by atoms with Crippen LogP contribution in [-0.4, -0.2) is 25.1 Å². The molecule has 2 N–H and O–H groups in total. The Bertz CT molecular complexity index is 1240. The molecule has 0 bridgehead atoms. The van der Waals surface area contributed by atoms with Gasteiger partial charge in [0, 0.05) is 23.7 Å². The number of halogens is 4. The number of H-pyrrole nitrogens is 1. The average molecular weight is 552 g/mol. The summed E-state index contributed by atoms with van der Waals surface area (Å²) in [7, 11) is 0. The first-order chi connectivity index (χ1) is 15.3. The van der Waals surface area contributed by atoms with Crippen molar-refractivity contribution < 1.29 is 17.9 Å². The lowest BCUT2D eigenvalue weighted by Crippen LogP contribution is -2.05. The maximum atomic E-state index is 12.9. The maximum Gasteiger partial charge on any atom is 0.416 e. The van der Waals surface area contributed by atoms with Crippen molar-refractivity contribution in [2.45, 2.75) is 19.5 Å². The van der Waals surface area contributed by atoms with Gasteiger partial charge in [0.2, 0.25) is 11.8 Å². The minimum atomic E-state index is -4.43. The van der Waals surface area contributed by atoms with E-state index in [0.717, 1.165) is 15.8 Å². The molecule has 0 saturated carbocycles. The highest BCUT2D eigenvalue weighted by Crippen LogP contribution is 2.31. The molecule has 0 fully saturated rings. The van der Waals surface area contributed by atoms with Crippen LogP contribution < -0.4 is 10.1 Å². The smallest absolute Gasteiger partial charge is 0.416 e. The first-order valence-corrected chi connectivity index (χ1v) is 10.6. The summed E-state index contributed by atoms with van der Waals surface area (Å²) in [5.41, 5.74) is 0.160. The van der Waals surface area contributed by atoms with Gasteiger partial charge in [0.1, 0.15) is 15.3 Å². The van der Waals surface area contributed by atoms with Gasteiger partial charge in [-0.15, -0.1) is 5.10 Å². The van der Waals surface area contributed by atoms with Crippen molar-refractivity contribution in [3.05, 3.63) is 69.7 Å². The SMILES string of the molecule is CCc1nc(I)cc(Oc2cccc(-c3nc(Nc4cccc(C(F)(F)F)c4)n[nH]3)c2)n1. The van der Waals surface area contributed by atoms with Crippen molar-refractivity contribution in [2.75, 3.05) is 5.32 Å². The zero-order valence-electron chi connectivity index (χ0n) is 16.6. The molecule has 4 rings (SSSR count). The molecule has 0 radical (unpaired) electrons. The van der Waals surface area contributed by atoms with Crippen molar-refractivity contribution in [3.8, 4) is 23.0 Å². The van der Waals surface area contributed by atoms with Crippen molar-refractivity contribution in [1.82, 2.24) is 25.1 Å². The fourth-order valence-electron chi connectivity index (χ4n) is 2.83. The van der Waals surface area contributed by atoms with Crippen molar-refractivity contribution in [3.63, 3.8) is 0 Å². The van der Waals surface area contributed by atoms with Crippen LogP contribution >= 0.6 is 22.6 Å². The minimum Gasteiger partial charge on any atom is -0.439 e. The fraction of sp³-hybridized carbons (Fsp3) is 0.143. The van der Waals surface area contributed by atoms with Crippen molar-refractivity contribution in [2.24, 2.45) is 0 Å². The lowest BCUT2D eigenvalue weighted by molar-refractivity contribution is -0.137. The number of alkyl halides is 3. The van der Waals surface area contributed by atoms with E-state index in [0.29, 0.717) is 35.3 Å². The summed E-state index contributed by atoms with van der Waals surface area (Å²) >= 11 is 2.11. The molecule has 2 heterocycles. The van der Waals surface area contributed by atoms with Gasteiger partial charge in [-0.1, -0.05) is 25.1 Å². The second-order valence-electron chi connectivity index (χ2n) is 6.64. The van der Waals surface area contributed by atoms with Crippen LogP contribution in [0.2, 0.25) is 0 Å². The topological polar surface area (TPSA) is 88.6 Å². The predicted octanol–water partition coefficient (Wildman–Crippen LogP) is 5.98. The molecule has 2 aromatic heterocycles. The largest absolute Gasteiger partial charge is 0.439 e. The molecule has 0 spiro atoms. The van der Waals surface area contributed by atoms with Crippen LogP contribution in [0.3, 0.4) is 0 Å². The number of aromatic nitrogens is 5. The third-order valence-corrected chi connectivity index (χ3v) is 4.85. The second-order valence-corrected chi connectivity index (χ2v) is 7.75. The molecular weight excluding hydrogens is 536 g/mol. The van der Waals surface area contributed by atoms with Gasteiger partial charge >= 0.3 is 6.18 Å². The highest BCUT2D eigenvalue weighted by Gasteiger charge is 2.30. The Morgan fingerprint density at radius 1 is 1.03 bits per heavy atom. The summed E-state index contributed by atoms with van der Waals surface area (Å²) in [4.78, 5) is 13.0. The Hall–Kier alpha value is -3.22. The number of aryl methyl sites for hydroxylation is 1. The number of hydrogen-bond acceptors (Lipinski definition) is 6. The van der Waals surface area contributed by atoms with E-state index in [1.807, 2.05) is 13.0 Å². The standard InChI is InChI=1S/C21H16F3IN6O/c1-2-17-27-16(25)11-18(28-17)32-15-8-3-5-12(9-15)19-29-20(31-30-19)26-14-7-4-6-13(10-14)21(22,23)24/h3-11H,2H2,1H3,(H2,26,29,30,31). The highest BCUT2D eigenvalue weighted by molar-refractivity contribution is 14.1. The Balaban J connectivity index is 1.52. The molecule has 0 aliphatic heterocycles. The Morgan fingerprint density at radius 3 is 2.62 bits per heavy atom. The van der Waals surface area contributed by atoms with Crippen LogP contribution in [0.5, 0.6) is 11.6 Å². The molecule has 4 aromatic rings. The van der Waals surface area contributed by atoms with Crippen LogP contribution in [0, 0.1) is 3.70 Å². The van der Waals surface area contributed by atoms with Gasteiger partial charge in [-0.2, -0.15) is 23.1 Å². The highest BCUT2D eigenvalue weighted by atomic mass is 127. The van der Waals surface area contributed by atoms with Crippen LogP contribution in [0.25, 0.3) is 11.4 Å². The zero-order chi connectivity index (χ0) is 22.7. The second kappa shape index (κ2) is 9.10. The van der Waals surface area contributed by atoms with Gasteiger partial charge in [-0.3, -0.25) is 5.10 Å². The maximum absolute atomic E-state index is 12.9. The van der Waals surface area contributed by atoms with E-state index in [4.69, 9.17) is 4.74 Å². The fourth-order valence-corrected chi connectivity index (χ4v) is 3.37. The lowest BCUT2D eigenvalue weighted by atomic mass is 10.2. The summed E-state index contributed by atoms with van der Waals surface area (Å²) in [5, 5.41) is 9.59. The molecule has 7 nitrogen and oxygen atoms in total. The summed E-state index contributed by atoms with van der Waals surface area (Å²) in [5.74, 6) is 2.23. The van der Waals surface area contributed by atoms with Gasteiger partial charge in [-0.05, 0) is 52.9 Å². The number of hydrogen-bond donors (Lipinski definition) is 2. The minimum absolute atomic E-state index is 0.142. The van der Waals surface area contributed by atoms with Crippen molar-refractivity contribution >= 4 is 34.2 Å². The van der Waals surface area contributed by atoms with E-state index in [1.165, 1.54) is 12.1 Å². The van der Waals surface area contributed by atoms with Gasteiger partial charge in [-0.25, -0.2) is 4.98 Å². The number of benzene rings is 2. The first-order valence-electron chi connectivity index (χ1n) is 9.48. The van der Waals surface area contributed by atoms with Gasteiger partial charge < -0.3 is 10.1 Å². The average Bonchev–Trinajstić information content (AvgIpc) is 3.21. The summed E-state index contributed by atoms with van der Waals surface area (Å²) < 4.78 is 45.4. The van der Waals surface area contributed by atoms with Gasteiger partial charge in [0.05, 0.1) is 5.56 Å². The molecular formula is C21H16F3IN6O. The van der Waals surface area contributed by atoms with E-state index < -0.39 is 11.7 Å². The van der Waals surface area contributed by atoms with E-state index in [9.17, 15) is 13.2 Å². The first kappa shape index (κ1) is 22.0. The van der Waals surface area contributed by atoms with E-state index in [2.05, 4.69) is 53.1 Å². The number of rotatable bonds is 6. The van der Waals surface area contributed by atoms with Crippen LogP contribution in [0.4, 0.5) is 24.8 Å². The quantitative estimate of drug-likeness (QED) is 0.226. The van der Waals surface area contributed by atoms with E-state index >= 15 is 0 Å². The molecule has 0 atom stereocenters. The van der Waals surface area contributed by atoms with E-state index in [-0.39, 0.29) is 11.6 Å². The predicted molar refractivity (Wildman–Crippen MR) is 121 cm³/mol. The molecule has 0 aliphatic rings. The number of anilines is 2. The molecule has 0 aliphatic carbocycles. The lowest BCUT2D eigenvalue weighted by Gasteiger charge is -2.08. The number of nitrogens with zero attached hydrogens (tertiary/aromatic N) is 4. The van der Waals surface area contributed by atoms with E-state index in [1.54, 1.807) is 24.3 Å². The normalized spacial score (nSPS) is 11.4. The Kier molecular flexibility index (Phi) is 6.26. The molecule has 32 heavy (non-hydrogen) atoms. The van der Waals surface area contributed by atoms with Crippen LogP contribution in [0.1, 0.15) is 18.3 Å². The van der Waals surface area contributed by atoms with Gasteiger partial charge in [0.25, 0.3) is 0 Å².